The number of rotatable bonds is 4. The maximum Gasteiger partial charge on any atom is 0.339 e. The first-order valence-electron chi connectivity index (χ1n) is 6.41. The van der Waals surface area contributed by atoms with Gasteiger partial charge < -0.3 is 10.1 Å². The maximum atomic E-state index is 13.4. The van der Waals surface area contributed by atoms with Crippen LogP contribution in [0, 0.1) is 5.82 Å². The van der Waals surface area contributed by atoms with E-state index in [0.29, 0.717) is 10.7 Å². The minimum absolute atomic E-state index is 0.145. The molecule has 0 aliphatic carbocycles. The van der Waals surface area contributed by atoms with Crippen molar-refractivity contribution in [2.75, 3.05) is 12.4 Å². The summed E-state index contributed by atoms with van der Waals surface area (Å²) in [6.45, 7) is 1.90. The molecule has 0 bridgehead atoms. The second kappa shape index (κ2) is 6.59. The lowest BCUT2D eigenvalue weighted by Crippen LogP contribution is -2.12. The average Bonchev–Trinajstić information content (AvgIpc) is 2.46. The monoisotopic (exact) mass is 307 g/mol. The molecule has 1 atom stereocenters. The quantitative estimate of drug-likeness (QED) is 0.849. The van der Waals surface area contributed by atoms with E-state index >= 15 is 0 Å². The highest BCUT2D eigenvalue weighted by Crippen LogP contribution is 2.25. The standard InChI is InChI=1S/C16H15ClFNO2/c1-10(11-4-3-5-12(17)8-11)19-15-9-13(18)6-7-14(15)16(20)21-2/h3-10,19H,1-2H3. The largest absolute Gasteiger partial charge is 0.465 e. The Morgan fingerprint density at radius 3 is 2.71 bits per heavy atom. The zero-order valence-electron chi connectivity index (χ0n) is 11.7. The molecule has 3 nitrogen and oxygen atoms in total. The smallest absolute Gasteiger partial charge is 0.339 e. The summed E-state index contributed by atoms with van der Waals surface area (Å²) < 4.78 is 18.1. The summed E-state index contributed by atoms with van der Waals surface area (Å²) in [6, 6.07) is 11.1. The van der Waals surface area contributed by atoms with E-state index in [1.807, 2.05) is 25.1 Å². The zero-order chi connectivity index (χ0) is 15.4. The highest BCUT2D eigenvalue weighted by molar-refractivity contribution is 6.30. The van der Waals surface area contributed by atoms with Crippen molar-refractivity contribution in [2.45, 2.75) is 13.0 Å². The predicted molar refractivity (Wildman–Crippen MR) is 81.2 cm³/mol. The molecule has 0 fully saturated rings. The summed E-state index contributed by atoms with van der Waals surface area (Å²) in [5.74, 6) is -0.945. The van der Waals surface area contributed by atoms with Crippen LogP contribution in [0.15, 0.2) is 42.5 Å². The Bertz CT molecular complexity index is 660. The molecule has 1 N–H and O–H groups in total. The fourth-order valence-electron chi connectivity index (χ4n) is 2.02. The molecule has 2 aromatic rings. The summed E-state index contributed by atoms with van der Waals surface area (Å²) in [4.78, 5) is 11.7. The summed E-state index contributed by atoms with van der Waals surface area (Å²) in [5, 5.41) is 3.73. The third-order valence-corrected chi connectivity index (χ3v) is 3.34. The fourth-order valence-corrected chi connectivity index (χ4v) is 2.22. The lowest BCUT2D eigenvalue weighted by Gasteiger charge is -2.18. The second-order valence-electron chi connectivity index (χ2n) is 4.60. The number of carbonyl (C=O) groups is 1. The number of halogens is 2. The number of methoxy groups -OCH3 is 1. The third kappa shape index (κ3) is 3.73. The summed E-state index contributed by atoms with van der Waals surface area (Å²) in [7, 11) is 1.29. The molecule has 21 heavy (non-hydrogen) atoms. The normalized spacial score (nSPS) is 11.8. The van der Waals surface area contributed by atoms with E-state index in [0.717, 1.165) is 5.56 Å². The Labute approximate surface area is 127 Å². The van der Waals surface area contributed by atoms with Crippen LogP contribution in [0.2, 0.25) is 5.02 Å². The Balaban J connectivity index is 2.30. The highest BCUT2D eigenvalue weighted by Gasteiger charge is 2.15. The molecule has 0 spiro atoms. The maximum absolute atomic E-state index is 13.4. The van der Waals surface area contributed by atoms with Crippen LogP contribution in [0.3, 0.4) is 0 Å². The first kappa shape index (κ1) is 15.3. The Kier molecular flexibility index (Phi) is 4.81. The summed E-state index contributed by atoms with van der Waals surface area (Å²) in [5.41, 5.74) is 1.60. The molecule has 0 radical (unpaired) electrons. The van der Waals surface area contributed by atoms with Crippen LogP contribution in [-0.2, 0) is 4.74 Å². The van der Waals surface area contributed by atoms with E-state index in [1.165, 1.54) is 25.3 Å². The molecule has 0 aliphatic rings. The molecular formula is C16H15ClFNO2. The van der Waals surface area contributed by atoms with Gasteiger partial charge in [-0.3, -0.25) is 0 Å². The molecule has 0 aromatic heterocycles. The van der Waals surface area contributed by atoms with Gasteiger partial charge in [-0.05, 0) is 42.8 Å². The molecule has 110 valence electrons. The molecular weight excluding hydrogens is 293 g/mol. The van der Waals surface area contributed by atoms with Gasteiger partial charge in [-0.15, -0.1) is 0 Å². The van der Waals surface area contributed by atoms with Gasteiger partial charge in [-0.25, -0.2) is 9.18 Å². The van der Waals surface area contributed by atoms with Crippen molar-refractivity contribution >= 4 is 23.3 Å². The molecule has 1 unspecified atom stereocenters. The Hall–Kier alpha value is -2.07. The van der Waals surface area contributed by atoms with E-state index < -0.39 is 11.8 Å². The second-order valence-corrected chi connectivity index (χ2v) is 5.04. The van der Waals surface area contributed by atoms with Crippen LogP contribution < -0.4 is 5.32 Å². The van der Waals surface area contributed by atoms with Crippen molar-refractivity contribution in [3.8, 4) is 0 Å². The lowest BCUT2D eigenvalue weighted by atomic mass is 10.1. The molecule has 5 heteroatoms. The molecule has 0 saturated carbocycles. The number of carbonyl (C=O) groups excluding carboxylic acids is 1. The molecule has 2 aromatic carbocycles. The fraction of sp³-hybridized carbons (Fsp3) is 0.188. The SMILES string of the molecule is COC(=O)c1ccc(F)cc1NC(C)c1cccc(Cl)c1. The van der Waals surface area contributed by atoms with Crippen molar-refractivity contribution in [1.29, 1.82) is 0 Å². The van der Waals surface area contributed by atoms with Crippen molar-refractivity contribution < 1.29 is 13.9 Å². The van der Waals surface area contributed by atoms with Gasteiger partial charge in [0.05, 0.1) is 18.4 Å². The van der Waals surface area contributed by atoms with Gasteiger partial charge in [0.15, 0.2) is 0 Å². The van der Waals surface area contributed by atoms with Crippen LogP contribution in [0.4, 0.5) is 10.1 Å². The minimum Gasteiger partial charge on any atom is -0.465 e. The highest BCUT2D eigenvalue weighted by atomic mass is 35.5. The van der Waals surface area contributed by atoms with Gasteiger partial charge in [-0.2, -0.15) is 0 Å². The lowest BCUT2D eigenvalue weighted by molar-refractivity contribution is 0.0601. The van der Waals surface area contributed by atoms with Gasteiger partial charge >= 0.3 is 5.97 Å². The number of esters is 1. The van der Waals surface area contributed by atoms with Crippen LogP contribution in [-0.4, -0.2) is 13.1 Å². The first-order chi connectivity index (χ1) is 10.0. The number of ether oxygens (including phenoxy) is 1. The number of hydrogen-bond donors (Lipinski definition) is 1. The van der Waals surface area contributed by atoms with E-state index in [-0.39, 0.29) is 11.6 Å². The molecule has 0 saturated heterocycles. The Morgan fingerprint density at radius 1 is 1.29 bits per heavy atom. The predicted octanol–water partition coefficient (Wildman–Crippen LogP) is 4.44. The average molecular weight is 308 g/mol. The van der Waals surface area contributed by atoms with Crippen LogP contribution in [0.25, 0.3) is 0 Å². The van der Waals surface area contributed by atoms with E-state index in [9.17, 15) is 9.18 Å². The van der Waals surface area contributed by atoms with Crippen LogP contribution >= 0.6 is 11.6 Å². The number of nitrogens with one attached hydrogen (secondary N) is 1. The van der Waals surface area contributed by atoms with Crippen LogP contribution in [0.1, 0.15) is 28.9 Å². The van der Waals surface area contributed by atoms with Gasteiger partial charge in [0.2, 0.25) is 0 Å². The Morgan fingerprint density at radius 2 is 2.05 bits per heavy atom. The van der Waals surface area contributed by atoms with Gasteiger partial charge in [0, 0.05) is 11.1 Å². The van der Waals surface area contributed by atoms with Crippen molar-refractivity contribution in [1.82, 2.24) is 0 Å². The van der Waals surface area contributed by atoms with Crippen molar-refractivity contribution in [2.24, 2.45) is 0 Å². The molecule has 0 aliphatic heterocycles. The van der Waals surface area contributed by atoms with Crippen molar-refractivity contribution in [3.05, 3.63) is 64.4 Å². The minimum atomic E-state index is -0.518. The molecule has 2 rings (SSSR count). The van der Waals surface area contributed by atoms with E-state index in [4.69, 9.17) is 16.3 Å². The number of benzene rings is 2. The molecule has 0 heterocycles. The van der Waals surface area contributed by atoms with Gasteiger partial charge in [-0.1, -0.05) is 23.7 Å². The van der Waals surface area contributed by atoms with Gasteiger partial charge in [0.1, 0.15) is 5.82 Å². The van der Waals surface area contributed by atoms with E-state index in [2.05, 4.69) is 5.32 Å². The third-order valence-electron chi connectivity index (χ3n) is 3.11. The number of hydrogen-bond acceptors (Lipinski definition) is 3. The summed E-state index contributed by atoms with van der Waals surface area (Å²) >= 11 is 5.96. The van der Waals surface area contributed by atoms with Crippen molar-refractivity contribution in [3.63, 3.8) is 0 Å². The van der Waals surface area contributed by atoms with Gasteiger partial charge in [0.25, 0.3) is 0 Å². The first-order valence-corrected chi connectivity index (χ1v) is 6.79. The zero-order valence-corrected chi connectivity index (χ0v) is 12.4. The van der Waals surface area contributed by atoms with E-state index in [1.54, 1.807) is 6.07 Å². The molecule has 0 amide bonds. The summed E-state index contributed by atoms with van der Waals surface area (Å²) in [6.07, 6.45) is 0. The van der Waals surface area contributed by atoms with Crippen LogP contribution in [0.5, 0.6) is 0 Å². The number of anilines is 1. The topological polar surface area (TPSA) is 38.3 Å².